The molecule has 2 aliphatic heterocycles. The van der Waals surface area contributed by atoms with Crippen molar-refractivity contribution in [2.24, 2.45) is 5.92 Å². The maximum absolute atomic E-state index is 13.7. The second kappa shape index (κ2) is 8.92. The Hall–Kier alpha value is -2.96. The monoisotopic (exact) mass is 490 g/mol. The second-order valence-electron chi connectivity index (χ2n) is 10.1. The molecule has 0 bridgehead atoms. The Morgan fingerprint density at radius 1 is 1.23 bits per heavy atom. The van der Waals surface area contributed by atoms with Crippen molar-refractivity contribution in [1.82, 2.24) is 19.5 Å². The summed E-state index contributed by atoms with van der Waals surface area (Å²) < 4.78 is 1.80. The van der Waals surface area contributed by atoms with Crippen LogP contribution in [0.1, 0.15) is 70.2 Å². The lowest BCUT2D eigenvalue weighted by molar-refractivity contribution is 0.0605. The molecular weight excluding hydrogens is 460 g/mol. The molecule has 9 heteroatoms. The summed E-state index contributed by atoms with van der Waals surface area (Å²) in [4.78, 5) is 24.0. The second-order valence-corrected chi connectivity index (χ2v) is 11.1. The van der Waals surface area contributed by atoms with E-state index in [9.17, 15) is 15.2 Å². The van der Waals surface area contributed by atoms with Gasteiger partial charge in [0.15, 0.2) is 5.65 Å². The van der Waals surface area contributed by atoms with Crippen LogP contribution in [0, 0.1) is 24.2 Å². The van der Waals surface area contributed by atoms with Gasteiger partial charge in [-0.15, -0.1) is 11.3 Å². The van der Waals surface area contributed by atoms with Gasteiger partial charge in [0, 0.05) is 47.7 Å². The summed E-state index contributed by atoms with van der Waals surface area (Å²) in [6.07, 6.45) is 8.77. The van der Waals surface area contributed by atoms with Crippen molar-refractivity contribution in [3.63, 3.8) is 0 Å². The van der Waals surface area contributed by atoms with Gasteiger partial charge in [0.25, 0.3) is 5.91 Å². The molecule has 1 aliphatic carbocycles. The maximum Gasteiger partial charge on any atom is 0.255 e. The first-order valence-corrected chi connectivity index (χ1v) is 13.5. The van der Waals surface area contributed by atoms with Gasteiger partial charge in [0.05, 0.1) is 35.4 Å². The molecule has 2 saturated heterocycles. The molecule has 3 aromatic rings. The van der Waals surface area contributed by atoms with Gasteiger partial charge in [-0.2, -0.15) is 10.4 Å². The standard InChI is InChI=1S/C26H30N6O2S/c1-16-12-32-24(28-25(16)30-13-17(11-27)22(33)14-30)10-20(29-32)21-7-4-5-9-31(21)26(34)19-15-35-23-8-3-2-6-18(19)23/h10,12,15,17,21-22,33H,2-9,13-14H2,1H3. The molecule has 2 fully saturated rings. The number of aliphatic hydroxyl groups is 1. The maximum atomic E-state index is 13.7. The third kappa shape index (κ3) is 3.89. The minimum Gasteiger partial charge on any atom is -0.390 e. The van der Waals surface area contributed by atoms with E-state index in [-0.39, 0.29) is 11.9 Å². The van der Waals surface area contributed by atoms with Crippen LogP contribution in [-0.4, -0.2) is 56.2 Å². The van der Waals surface area contributed by atoms with Crippen molar-refractivity contribution in [2.75, 3.05) is 24.5 Å². The van der Waals surface area contributed by atoms with E-state index in [2.05, 4.69) is 11.4 Å². The molecular formula is C26H30N6O2S. The zero-order valence-corrected chi connectivity index (χ0v) is 20.8. The van der Waals surface area contributed by atoms with Crippen molar-refractivity contribution >= 4 is 28.7 Å². The molecule has 8 nitrogen and oxygen atoms in total. The van der Waals surface area contributed by atoms with Crippen LogP contribution in [0.3, 0.4) is 0 Å². The topological polar surface area (TPSA) is 97.8 Å². The molecule has 182 valence electrons. The van der Waals surface area contributed by atoms with Crippen LogP contribution in [0.4, 0.5) is 5.82 Å². The Morgan fingerprint density at radius 2 is 2.09 bits per heavy atom. The fourth-order valence-corrected chi connectivity index (χ4v) is 7.02. The first-order chi connectivity index (χ1) is 17.0. The number of piperidine rings is 1. The summed E-state index contributed by atoms with van der Waals surface area (Å²) in [5.41, 5.74) is 4.72. The van der Waals surface area contributed by atoms with Crippen LogP contribution < -0.4 is 4.90 Å². The summed E-state index contributed by atoms with van der Waals surface area (Å²) in [7, 11) is 0. The van der Waals surface area contributed by atoms with Crippen molar-refractivity contribution in [3.8, 4) is 6.07 Å². The molecule has 0 saturated carbocycles. The lowest BCUT2D eigenvalue weighted by Gasteiger charge is -2.35. The zero-order chi connectivity index (χ0) is 24.1. The number of nitrogens with zero attached hydrogens (tertiary/aromatic N) is 6. The Balaban J connectivity index is 1.31. The van der Waals surface area contributed by atoms with E-state index in [1.165, 1.54) is 16.9 Å². The Labute approximate surface area is 208 Å². The summed E-state index contributed by atoms with van der Waals surface area (Å²) in [5.74, 6) is 0.518. The Morgan fingerprint density at radius 3 is 2.91 bits per heavy atom. The molecule has 3 atom stereocenters. The number of β-amino-alcohol motifs (C(OH)–C–C–N with tert-alkyl or cyclic N) is 1. The van der Waals surface area contributed by atoms with Gasteiger partial charge in [-0.1, -0.05) is 0 Å². The van der Waals surface area contributed by atoms with Crippen molar-refractivity contribution in [2.45, 2.75) is 64.0 Å². The van der Waals surface area contributed by atoms with Gasteiger partial charge in [0.2, 0.25) is 0 Å². The van der Waals surface area contributed by atoms with Crippen molar-refractivity contribution in [3.05, 3.63) is 44.9 Å². The highest BCUT2D eigenvalue weighted by Gasteiger charge is 2.35. The van der Waals surface area contributed by atoms with Crippen LogP contribution in [0.5, 0.6) is 0 Å². The number of fused-ring (bicyclic) bond motifs is 2. The van der Waals surface area contributed by atoms with Gasteiger partial charge in [-0.25, -0.2) is 9.50 Å². The lowest BCUT2D eigenvalue weighted by atomic mass is 9.93. The minimum atomic E-state index is -0.664. The number of rotatable bonds is 3. The first-order valence-electron chi connectivity index (χ1n) is 12.6. The third-order valence-electron chi connectivity index (χ3n) is 7.78. The molecule has 0 aromatic carbocycles. The van der Waals surface area contributed by atoms with Gasteiger partial charge in [-0.3, -0.25) is 4.79 Å². The number of aromatic nitrogens is 3. The number of hydrogen-bond donors (Lipinski definition) is 1. The quantitative estimate of drug-likeness (QED) is 0.602. The number of thiophene rings is 1. The summed E-state index contributed by atoms with van der Waals surface area (Å²) >= 11 is 1.74. The van der Waals surface area contributed by atoms with Gasteiger partial charge >= 0.3 is 0 Å². The highest BCUT2D eigenvalue weighted by molar-refractivity contribution is 7.10. The number of anilines is 1. The molecule has 3 unspecified atom stereocenters. The van der Waals surface area contributed by atoms with Crippen molar-refractivity contribution in [1.29, 1.82) is 5.26 Å². The predicted molar refractivity (Wildman–Crippen MR) is 134 cm³/mol. The van der Waals surface area contributed by atoms with Crippen LogP contribution >= 0.6 is 11.3 Å². The van der Waals surface area contributed by atoms with E-state index >= 15 is 0 Å². The summed E-state index contributed by atoms with van der Waals surface area (Å²) in [6.45, 7) is 3.60. The molecule has 6 rings (SSSR count). The molecule has 0 radical (unpaired) electrons. The largest absolute Gasteiger partial charge is 0.390 e. The van der Waals surface area contributed by atoms with Crippen LogP contribution in [0.25, 0.3) is 5.65 Å². The molecule has 0 spiro atoms. The number of aliphatic hydroxyl groups excluding tert-OH is 1. The Kier molecular flexibility index (Phi) is 5.73. The fourth-order valence-electron chi connectivity index (χ4n) is 5.90. The number of carbonyl (C=O) groups is 1. The van der Waals surface area contributed by atoms with Gasteiger partial charge in [-0.05, 0) is 57.4 Å². The fraction of sp³-hybridized carbons (Fsp3) is 0.538. The number of hydrogen-bond acceptors (Lipinski definition) is 7. The summed E-state index contributed by atoms with van der Waals surface area (Å²) in [6, 6.07) is 4.13. The molecule has 1 N–H and O–H groups in total. The van der Waals surface area contributed by atoms with E-state index in [4.69, 9.17) is 10.1 Å². The molecule has 5 heterocycles. The average Bonchev–Trinajstić information content (AvgIpc) is 3.59. The lowest BCUT2D eigenvalue weighted by Crippen LogP contribution is -2.39. The van der Waals surface area contributed by atoms with Gasteiger partial charge < -0.3 is 14.9 Å². The van der Waals surface area contributed by atoms with Crippen molar-refractivity contribution < 1.29 is 9.90 Å². The number of carbonyl (C=O) groups excluding carboxylic acids is 1. The van der Waals surface area contributed by atoms with Gasteiger partial charge in [0.1, 0.15) is 5.82 Å². The van der Waals surface area contributed by atoms with Crippen LogP contribution in [0.2, 0.25) is 0 Å². The zero-order valence-electron chi connectivity index (χ0n) is 20.0. The predicted octanol–water partition coefficient (Wildman–Crippen LogP) is 3.67. The van der Waals surface area contributed by atoms with E-state index < -0.39 is 12.0 Å². The molecule has 35 heavy (non-hydrogen) atoms. The molecule has 3 aliphatic rings. The highest BCUT2D eigenvalue weighted by Crippen LogP contribution is 2.36. The Bertz CT molecular complexity index is 1320. The normalized spacial score (nSPS) is 24.5. The first kappa shape index (κ1) is 22.5. The number of likely N-dealkylation sites (tertiary alicyclic amines) is 1. The smallest absolute Gasteiger partial charge is 0.255 e. The summed E-state index contributed by atoms with van der Waals surface area (Å²) in [5, 5.41) is 26.4. The van der Waals surface area contributed by atoms with E-state index in [1.54, 1.807) is 15.9 Å². The SMILES string of the molecule is Cc1cn2nc(C3CCCCN3C(=O)c3csc4c3CCCC4)cc2nc1N1CC(O)C(C#N)C1. The van der Waals surface area contributed by atoms with E-state index in [0.717, 1.165) is 73.4 Å². The number of nitriles is 1. The number of aryl methyl sites for hydroxylation is 2. The van der Waals surface area contributed by atoms with Crippen LogP contribution in [0.15, 0.2) is 17.6 Å². The van der Waals surface area contributed by atoms with Crippen LogP contribution in [-0.2, 0) is 12.8 Å². The molecule has 3 aromatic heterocycles. The molecule has 1 amide bonds. The van der Waals surface area contributed by atoms with E-state index in [0.29, 0.717) is 13.1 Å². The minimum absolute atomic E-state index is 0.0579. The highest BCUT2D eigenvalue weighted by atomic mass is 32.1. The third-order valence-corrected chi connectivity index (χ3v) is 8.86. The van der Waals surface area contributed by atoms with E-state index in [1.807, 2.05) is 29.0 Å². The number of amides is 1. The average molecular weight is 491 g/mol.